The maximum atomic E-state index is 9.00. The summed E-state index contributed by atoms with van der Waals surface area (Å²) in [7, 11) is 1.93. The molecule has 0 amide bonds. The van der Waals surface area contributed by atoms with Crippen molar-refractivity contribution in [1.29, 1.82) is 5.26 Å². The standard InChI is InChI=1S/C25H21N7O/c1-15-12-18(21-9-11-28-32(21)3)13-16(2)22(15)33-24-20-8-10-27-23(20)30-25(31-24)29-19-6-4-17(14-26)5-7-19/h4-7,9-13H,8H2,1-3H3,(H,29,30,31). The molecular weight excluding hydrogens is 414 g/mol. The van der Waals surface area contributed by atoms with Gasteiger partial charge in [0.2, 0.25) is 11.8 Å². The van der Waals surface area contributed by atoms with E-state index in [1.165, 1.54) is 0 Å². The third-order valence-electron chi connectivity index (χ3n) is 5.50. The maximum absolute atomic E-state index is 9.00. The van der Waals surface area contributed by atoms with Crippen LogP contribution in [-0.4, -0.2) is 26.0 Å². The minimum Gasteiger partial charge on any atom is -0.438 e. The second kappa shape index (κ2) is 8.20. The molecule has 2 aromatic heterocycles. The van der Waals surface area contributed by atoms with Crippen LogP contribution < -0.4 is 10.1 Å². The lowest BCUT2D eigenvalue weighted by Gasteiger charge is -2.16. The Bertz CT molecular complexity index is 1410. The summed E-state index contributed by atoms with van der Waals surface area (Å²) in [5.74, 6) is 2.22. The fraction of sp³-hybridized carbons (Fsp3) is 0.160. The number of nitrogens with one attached hydrogen (secondary N) is 1. The van der Waals surface area contributed by atoms with E-state index < -0.39 is 0 Å². The van der Waals surface area contributed by atoms with Crippen LogP contribution in [0.1, 0.15) is 22.3 Å². The van der Waals surface area contributed by atoms with Gasteiger partial charge in [-0.2, -0.15) is 20.3 Å². The zero-order valence-corrected chi connectivity index (χ0v) is 18.5. The van der Waals surface area contributed by atoms with E-state index in [4.69, 9.17) is 10.00 Å². The maximum Gasteiger partial charge on any atom is 0.232 e. The van der Waals surface area contributed by atoms with Crippen molar-refractivity contribution in [3.63, 3.8) is 0 Å². The SMILES string of the molecule is Cc1cc(-c2ccnn2C)cc(C)c1Oc1nc(Nc2ccc(C#N)cc2)nc2c1CC=N2. The molecule has 2 aromatic carbocycles. The summed E-state index contributed by atoms with van der Waals surface area (Å²) in [6, 6.07) is 15.4. The Labute approximate surface area is 191 Å². The fourth-order valence-corrected chi connectivity index (χ4v) is 3.87. The minimum atomic E-state index is 0.384. The normalized spacial score (nSPS) is 11.8. The number of aromatic nitrogens is 4. The number of nitrogens with zero attached hydrogens (tertiary/aromatic N) is 6. The second-order valence-electron chi connectivity index (χ2n) is 7.87. The summed E-state index contributed by atoms with van der Waals surface area (Å²) in [6.45, 7) is 4.05. The Morgan fingerprint density at radius 1 is 1.06 bits per heavy atom. The zero-order valence-electron chi connectivity index (χ0n) is 18.5. The molecule has 0 bridgehead atoms. The highest BCUT2D eigenvalue weighted by Crippen LogP contribution is 2.37. The summed E-state index contributed by atoms with van der Waals surface area (Å²) < 4.78 is 8.22. The molecule has 0 aliphatic carbocycles. The molecule has 0 saturated carbocycles. The molecule has 3 heterocycles. The van der Waals surface area contributed by atoms with Crippen LogP contribution in [0.4, 0.5) is 17.5 Å². The van der Waals surface area contributed by atoms with Crippen LogP contribution in [0.15, 0.2) is 53.7 Å². The lowest BCUT2D eigenvalue weighted by Crippen LogP contribution is -2.03. The Kier molecular flexibility index (Phi) is 5.07. The largest absolute Gasteiger partial charge is 0.438 e. The lowest BCUT2D eigenvalue weighted by atomic mass is 10.0. The van der Waals surface area contributed by atoms with Gasteiger partial charge in [0.15, 0.2) is 5.82 Å². The molecule has 5 rings (SSSR count). The Morgan fingerprint density at radius 3 is 2.48 bits per heavy atom. The van der Waals surface area contributed by atoms with E-state index >= 15 is 0 Å². The number of hydrogen-bond donors (Lipinski definition) is 1. The fourth-order valence-electron chi connectivity index (χ4n) is 3.87. The van der Waals surface area contributed by atoms with Gasteiger partial charge in [0, 0.05) is 37.1 Å². The van der Waals surface area contributed by atoms with E-state index in [0.717, 1.165) is 39.4 Å². The first-order valence-electron chi connectivity index (χ1n) is 10.5. The van der Waals surface area contributed by atoms with Crippen molar-refractivity contribution < 1.29 is 4.74 Å². The van der Waals surface area contributed by atoms with Crippen LogP contribution in [0.5, 0.6) is 11.6 Å². The van der Waals surface area contributed by atoms with Gasteiger partial charge in [-0.25, -0.2) is 4.99 Å². The van der Waals surface area contributed by atoms with Gasteiger partial charge in [-0.3, -0.25) is 4.68 Å². The third-order valence-corrected chi connectivity index (χ3v) is 5.50. The summed E-state index contributed by atoms with van der Waals surface area (Å²) in [6.07, 6.45) is 4.22. The van der Waals surface area contributed by atoms with Gasteiger partial charge in [0.25, 0.3) is 0 Å². The third kappa shape index (κ3) is 3.92. The predicted molar refractivity (Wildman–Crippen MR) is 127 cm³/mol. The molecule has 162 valence electrons. The Hall–Kier alpha value is -4.51. The Morgan fingerprint density at radius 2 is 1.82 bits per heavy atom. The number of aryl methyl sites for hydroxylation is 3. The van der Waals surface area contributed by atoms with Gasteiger partial charge < -0.3 is 10.1 Å². The van der Waals surface area contributed by atoms with Gasteiger partial charge in [-0.15, -0.1) is 0 Å². The van der Waals surface area contributed by atoms with Crippen molar-refractivity contribution in [2.24, 2.45) is 12.0 Å². The monoisotopic (exact) mass is 435 g/mol. The highest BCUT2D eigenvalue weighted by atomic mass is 16.5. The van der Waals surface area contributed by atoms with Gasteiger partial charge in [0.1, 0.15) is 5.75 Å². The molecule has 33 heavy (non-hydrogen) atoms. The molecule has 1 N–H and O–H groups in total. The van der Waals surface area contributed by atoms with Crippen LogP contribution >= 0.6 is 0 Å². The first kappa shape index (κ1) is 20.4. The number of nitriles is 1. The molecule has 0 saturated heterocycles. The highest BCUT2D eigenvalue weighted by Gasteiger charge is 2.21. The topological polar surface area (TPSA) is 101 Å². The van der Waals surface area contributed by atoms with E-state index in [9.17, 15) is 0 Å². The summed E-state index contributed by atoms with van der Waals surface area (Å²) in [4.78, 5) is 13.5. The highest BCUT2D eigenvalue weighted by molar-refractivity contribution is 5.76. The van der Waals surface area contributed by atoms with Crippen molar-refractivity contribution >= 4 is 23.7 Å². The van der Waals surface area contributed by atoms with Crippen LogP contribution in [-0.2, 0) is 13.5 Å². The molecule has 0 atom stereocenters. The average Bonchev–Trinajstić information content (AvgIpc) is 3.45. The molecule has 0 radical (unpaired) electrons. The van der Waals surface area contributed by atoms with Crippen molar-refractivity contribution in [3.8, 4) is 29.0 Å². The number of rotatable bonds is 5. The quantitative estimate of drug-likeness (QED) is 0.465. The van der Waals surface area contributed by atoms with Crippen LogP contribution in [0.3, 0.4) is 0 Å². The van der Waals surface area contributed by atoms with Crippen LogP contribution in [0.2, 0.25) is 0 Å². The molecule has 0 spiro atoms. The molecule has 1 aliphatic heterocycles. The van der Waals surface area contributed by atoms with E-state index in [-0.39, 0.29) is 0 Å². The molecular formula is C25H21N7O. The van der Waals surface area contributed by atoms with Gasteiger partial charge in [-0.05, 0) is 67.4 Å². The first-order valence-corrected chi connectivity index (χ1v) is 10.5. The van der Waals surface area contributed by atoms with E-state index in [0.29, 0.717) is 29.6 Å². The number of benzene rings is 2. The Balaban J connectivity index is 1.48. The van der Waals surface area contributed by atoms with Crippen molar-refractivity contribution in [2.75, 3.05) is 5.32 Å². The molecule has 1 aliphatic rings. The van der Waals surface area contributed by atoms with Crippen LogP contribution in [0, 0.1) is 25.2 Å². The number of ether oxygens (including phenoxy) is 1. The summed E-state index contributed by atoms with van der Waals surface area (Å²) in [5.41, 5.74) is 6.34. The number of anilines is 2. The molecule has 8 nitrogen and oxygen atoms in total. The number of aliphatic imine (C=N–C) groups is 1. The van der Waals surface area contributed by atoms with E-state index in [1.54, 1.807) is 18.3 Å². The molecule has 4 aromatic rings. The number of fused-ring (bicyclic) bond motifs is 1. The van der Waals surface area contributed by atoms with Crippen molar-refractivity contribution in [3.05, 3.63) is 70.9 Å². The summed E-state index contributed by atoms with van der Waals surface area (Å²) >= 11 is 0. The average molecular weight is 435 g/mol. The smallest absolute Gasteiger partial charge is 0.232 e. The van der Waals surface area contributed by atoms with Crippen molar-refractivity contribution in [2.45, 2.75) is 20.3 Å². The molecule has 8 heteroatoms. The van der Waals surface area contributed by atoms with Crippen molar-refractivity contribution in [1.82, 2.24) is 19.7 Å². The molecule has 0 fully saturated rings. The van der Waals surface area contributed by atoms with E-state index in [1.807, 2.05) is 50.0 Å². The lowest BCUT2D eigenvalue weighted by molar-refractivity contribution is 0.451. The van der Waals surface area contributed by atoms with E-state index in [2.05, 4.69) is 43.6 Å². The minimum absolute atomic E-state index is 0.384. The molecule has 0 unspecified atom stereocenters. The second-order valence-corrected chi connectivity index (χ2v) is 7.87. The number of hydrogen-bond acceptors (Lipinski definition) is 7. The van der Waals surface area contributed by atoms with Gasteiger partial charge in [0.05, 0.1) is 22.9 Å². The summed E-state index contributed by atoms with van der Waals surface area (Å²) in [5, 5.41) is 16.4. The zero-order chi connectivity index (χ0) is 22.9. The predicted octanol–water partition coefficient (Wildman–Crippen LogP) is 5.16. The van der Waals surface area contributed by atoms with Gasteiger partial charge >= 0.3 is 0 Å². The van der Waals surface area contributed by atoms with Crippen LogP contribution in [0.25, 0.3) is 11.3 Å². The van der Waals surface area contributed by atoms with Gasteiger partial charge in [-0.1, -0.05) is 0 Å². The first-order chi connectivity index (χ1) is 16.0.